The van der Waals surface area contributed by atoms with E-state index >= 15 is 0 Å². The molecule has 5 heteroatoms. The van der Waals surface area contributed by atoms with Gasteiger partial charge in [-0.25, -0.2) is 0 Å². The standard InChI is InChI=1S/C14H24N4O/c1-2-18-9-3-4-12(10-18)13-16-14(19-17-13)11-5-7-15-8-6-11/h11-12,15H,2-10H2,1H3. The average Bonchev–Trinajstić information content (AvgIpc) is 2.98. The van der Waals surface area contributed by atoms with Crippen molar-refractivity contribution in [1.82, 2.24) is 20.4 Å². The normalized spacial score (nSPS) is 26.7. The van der Waals surface area contributed by atoms with Gasteiger partial charge in [0.1, 0.15) is 0 Å². The zero-order valence-electron chi connectivity index (χ0n) is 11.8. The van der Waals surface area contributed by atoms with Crippen LogP contribution >= 0.6 is 0 Å². The van der Waals surface area contributed by atoms with Gasteiger partial charge < -0.3 is 14.7 Å². The molecular weight excluding hydrogens is 240 g/mol. The lowest BCUT2D eigenvalue weighted by Crippen LogP contribution is -2.34. The van der Waals surface area contributed by atoms with Crippen LogP contribution in [-0.2, 0) is 0 Å². The maximum atomic E-state index is 5.52. The summed E-state index contributed by atoms with van der Waals surface area (Å²) >= 11 is 0. The van der Waals surface area contributed by atoms with Gasteiger partial charge >= 0.3 is 0 Å². The monoisotopic (exact) mass is 264 g/mol. The molecule has 2 saturated heterocycles. The lowest BCUT2D eigenvalue weighted by Gasteiger charge is -2.29. The summed E-state index contributed by atoms with van der Waals surface area (Å²) in [7, 11) is 0. The first-order chi connectivity index (χ1) is 9.36. The van der Waals surface area contributed by atoms with E-state index in [1.165, 1.54) is 19.4 Å². The molecule has 1 N–H and O–H groups in total. The van der Waals surface area contributed by atoms with Crippen LogP contribution in [0, 0.1) is 0 Å². The molecule has 1 aromatic heterocycles. The smallest absolute Gasteiger partial charge is 0.229 e. The average molecular weight is 264 g/mol. The van der Waals surface area contributed by atoms with E-state index in [9.17, 15) is 0 Å². The number of piperidine rings is 2. The molecule has 5 nitrogen and oxygen atoms in total. The number of nitrogens with zero attached hydrogens (tertiary/aromatic N) is 3. The van der Waals surface area contributed by atoms with Gasteiger partial charge in [-0.3, -0.25) is 0 Å². The number of likely N-dealkylation sites (N-methyl/N-ethyl adjacent to an activating group) is 1. The van der Waals surface area contributed by atoms with Gasteiger partial charge in [0.15, 0.2) is 5.82 Å². The van der Waals surface area contributed by atoms with Crippen molar-refractivity contribution in [3.8, 4) is 0 Å². The van der Waals surface area contributed by atoms with E-state index < -0.39 is 0 Å². The maximum Gasteiger partial charge on any atom is 0.229 e. The number of hydrogen-bond donors (Lipinski definition) is 1. The van der Waals surface area contributed by atoms with Gasteiger partial charge in [-0.15, -0.1) is 0 Å². The highest BCUT2D eigenvalue weighted by molar-refractivity contribution is 5.02. The van der Waals surface area contributed by atoms with Crippen molar-refractivity contribution in [3.63, 3.8) is 0 Å². The van der Waals surface area contributed by atoms with Crippen LogP contribution < -0.4 is 5.32 Å². The summed E-state index contributed by atoms with van der Waals surface area (Å²) in [5.74, 6) is 2.73. The Labute approximate surface area is 114 Å². The summed E-state index contributed by atoms with van der Waals surface area (Å²) < 4.78 is 5.52. The second kappa shape index (κ2) is 6.01. The molecule has 0 spiro atoms. The molecule has 1 atom stereocenters. The van der Waals surface area contributed by atoms with Crippen LogP contribution in [0.5, 0.6) is 0 Å². The molecule has 19 heavy (non-hydrogen) atoms. The van der Waals surface area contributed by atoms with Crippen LogP contribution in [0.2, 0.25) is 0 Å². The number of likely N-dealkylation sites (tertiary alicyclic amines) is 1. The van der Waals surface area contributed by atoms with Crippen LogP contribution in [0.1, 0.15) is 56.2 Å². The highest BCUT2D eigenvalue weighted by atomic mass is 16.5. The van der Waals surface area contributed by atoms with Crippen molar-refractivity contribution in [2.24, 2.45) is 0 Å². The summed E-state index contributed by atoms with van der Waals surface area (Å²) in [5, 5.41) is 7.62. The van der Waals surface area contributed by atoms with E-state index in [0.29, 0.717) is 11.8 Å². The van der Waals surface area contributed by atoms with Crippen molar-refractivity contribution in [2.75, 3.05) is 32.7 Å². The molecule has 106 valence electrons. The molecule has 2 fully saturated rings. The summed E-state index contributed by atoms with van der Waals surface area (Å²) in [6.07, 6.45) is 4.68. The van der Waals surface area contributed by atoms with E-state index in [4.69, 9.17) is 9.51 Å². The lowest BCUT2D eigenvalue weighted by atomic mass is 9.96. The van der Waals surface area contributed by atoms with Crippen LogP contribution in [0.25, 0.3) is 0 Å². The molecule has 1 aromatic rings. The first-order valence-electron chi connectivity index (χ1n) is 7.63. The molecule has 0 aromatic carbocycles. The van der Waals surface area contributed by atoms with Gasteiger partial charge in [-0.1, -0.05) is 12.1 Å². The van der Waals surface area contributed by atoms with Crippen molar-refractivity contribution >= 4 is 0 Å². The minimum absolute atomic E-state index is 0.466. The topological polar surface area (TPSA) is 54.2 Å². The van der Waals surface area contributed by atoms with Crippen molar-refractivity contribution in [3.05, 3.63) is 11.7 Å². The second-order valence-corrected chi connectivity index (χ2v) is 5.75. The second-order valence-electron chi connectivity index (χ2n) is 5.75. The molecule has 0 aliphatic carbocycles. The third-order valence-electron chi connectivity index (χ3n) is 4.46. The van der Waals surface area contributed by atoms with Crippen LogP contribution in [0.3, 0.4) is 0 Å². The third-order valence-corrected chi connectivity index (χ3v) is 4.46. The highest BCUT2D eigenvalue weighted by Gasteiger charge is 2.27. The Balaban J connectivity index is 1.66. The van der Waals surface area contributed by atoms with Crippen LogP contribution in [0.4, 0.5) is 0 Å². The summed E-state index contributed by atoms with van der Waals surface area (Å²) in [6, 6.07) is 0. The number of hydrogen-bond acceptors (Lipinski definition) is 5. The SMILES string of the molecule is CCN1CCCC(c2noc(C3CCNCC3)n2)C1. The van der Waals surface area contributed by atoms with Crippen molar-refractivity contribution in [1.29, 1.82) is 0 Å². The Kier molecular flexibility index (Phi) is 4.13. The largest absolute Gasteiger partial charge is 0.339 e. The predicted octanol–water partition coefficient (Wildman–Crippen LogP) is 1.74. The van der Waals surface area contributed by atoms with Crippen molar-refractivity contribution < 1.29 is 4.52 Å². The Hall–Kier alpha value is -0.940. The fourth-order valence-corrected chi connectivity index (χ4v) is 3.20. The van der Waals surface area contributed by atoms with Gasteiger partial charge in [-0.05, 0) is 51.9 Å². The maximum absolute atomic E-state index is 5.52. The molecule has 1 unspecified atom stereocenters. The molecule has 0 amide bonds. The summed E-state index contributed by atoms with van der Waals surface area (Å²) in [6.45, 7) is 7.77. The zero-order valence-corrected chi connectivity index (χ0v) is 11.8. The Morgan fingerprint density at radius 3 is 2.89 bits per heavy atom. The van der Waals surface area contributed by atoms with E-state index in [1.54, 1.807) is 0 Å². The fraction of sp³-hybridized carbons (Fsp3) is 0.857. The molecule has 3 heterocycles. The van der Waals surface area contributed by atoms with Gasteiger partial charge in [-0.2, -0.15) is 4.98 Å². The molecule has 2 aliphatic rings. The quantitative estimate of drug-likeness (QED) is 0.901. The fourth-order valence-electron chi connectivity index (χ4n) is 3.20. The Morgan fingerprint density at radius 1 is 1.26 bits per heavy atom. The minimum atomic E-state index is 0.466. The van der Waals surface area contributed by atoms with Gasteiger partial charge in [0.05, 0.1) is 0 Å². The Bertz CT molecular complexity index is 400. The van der Waals surface area contributed by atoms with Crippen LogP contribution in [0.15, 0.2) is 4.52 Å². The van der Waals surface area contributed by atoms with E-state index in [0.717, 1.165) is 50.7 Å². The number of aromatic nitrogens is 2. The molecular formula is C14H24N4O. The molecule has 0 bridgehead atoms. The van der Waals surface area contributed by atoms with Crippen LogP contribution in [-0.4, -0.2) is 47.8 Å². The van der Waals surface area contributed by atoms with E-state index in [1.807, 2.05) is 0 Å². The summed E-state index contributed by atoms with van der Waals surface area (Å²) in [5.41, 5.74) is 0. The first kappa shape index (κ1) is 13.1. The molecule has 3 rings (SSSR count). The van der Waals surface area contributed by atoms with Gasteiger partial charge in [0.2, 0.25) is 5.89 Å². The molecule has 0 saturated carbocycles. The molecule has 2 aliphatic heterocycles. The van der Waals surface area contributed by atoms with Crippen molar-refractivity contribution in [2.45, 2.75) is 44.4 Å². The predicted molar refractivity (Wildman–Crippen MR) is 73.2 cm³/mol. The zero-order chi connectivity index (χ0) is 13.1. The lowest BCUT2D eigenvalue weighted by molar-refractivity contribution is 0.211. The van der Waals surface area contributed by atoms with Gasteiger partial charge in [0.25, 0.3) is 0 Å². The minimum Gasteiger partial charge on any atom is -0.339 e. The highest BCUT2D eigenvalue weighted by Crippen LogP contribution is 2.28. The number of nitrogens with one attached hydrogen (secondary N) is 1. The Morgan fingerprint density at radius 2 is 2.11 bits per heavy atom. The summed E-state index contributed by atoms with van der Waals surface area (Å²) in [4.78, 5) is 7.17. The number of rotatable bonds is 3. The third kappa shape index (κ3) is 2.98. The first-order valence-corrected chi connectivity index (χ1v) is 7.63. The van der Waals surface area contributed by atoms with E-state index in [-0.39, 0.29) is 0 Å². The molecule has 0 radical (unpaired) electrons. The van der Waals surface area contributed by atoms with Gasteiger partial charge in [0, 0.05) is 18.4 Å². The van der Waals surface area contributed by atoms with E-state index in [2.05, 4.69) is 22.3 Å².